The molecule has 1 aromatic rings. The third-order valence-corrected chi connectivity index (χ3v) is 4.22. The highest BCUT2D eigenvalue weighted by molar-refractivity contribution is 5.97. The number of phenols is 1. The van der Waals surface area contributed by atoms with E-state index < -0.39 is 6.10 Å². The van der Waals surface area contributed by atoms with Crippen molar-refractivity contribution in [3.63, 3.8) is 0 Å². The lowest BCUT2D eigenvalue weighted by Gasteiger charge is -2.37. The topological polar surface area (TPSA) is 82.1 Å². The quantitative estimate of drug-likeness (QED) is 0.780. The molecule has 7 heteroatoms. The van der Waals surface area contributed by atoms with Gasteiger partial charge in [0.1, 0.15) is 11.9 Å². The monoisotopic (exact) mass is 319 g/mol. The van der Waals surface area contributed by atoms with Crippen LogP contribution in [0.1, 0.15) is 10.4 Å². The van der Waals surface area contributed by atoms with Crippen molar-refractivity contribution in [3.05, 3.63) is 29.8 Å². The second-order valence-electron chi connectivity index (χ2n) is 5.70. The van der Waals surface area contributed by atoms with Gasteiger partial charge in [0.25, 0.3) is 11.8 Å². The summed E-state index contributed by atoms with van der Waals surface area (Å²) in [5, 5.41) is 12.9. The van der Waals surface area contributed by atoms with Gasteiger partial charge in [-0.1, -0.05) is 12.1 Å². The summed E-state index contributed by atoms with van der Waals surface area (Å²) in [6.07, 6.45) is -0.427. The molecule has 2 heterocycles. The second-order valence-corrected chi connectivity index (χ2v) is 5.70. The summed E-state index contributed by atoms with van der Waals surface area (Å²) in [5.41, 5.74) is 0.298. The number of nitrogens with one attached hydrogen (secondary N) is 1. The molecule has 1 atom stereocenters. The Kier molecular flexibility index (Phi) is 4.78. The Bertz CT molecular complexity index is 578. The zero-order valence-electron chi connectivity index (χ0n) is 12.9. The molecule has 1 unspecified atom stereocenters. The summed E-state index contributed by atoms with van der Waals surface area (Å²) in [6, 6.07) is 6.51. The van der Waals surface area contributed by atoms with Crippen LogP contribution in [0.25, 0.3) is 0 Å². The van der Waals surface area contributed by atoms with Crippen molar-refractivity contribution in [3.8, 4) is 5.75 Å². The molecule has 0 spiro atoms. The summed E-state index contributed by atoms with van der Waals surface area (Å²) < 4.78 is 5.48. The molecule has 2 amide bonds. The second kappa shape index (κ2) is 6.97. The number of piperazine rings is 1. The van der Waals surface area contributed by atoms with Gasteiger partial charge in [0.05, 0.1) is 12.2 Å². The van der Waals surface area contributed by atoms with E-state index in [0.29, 0.717) is 44.9 Å². The first kappa shape index (κ1) is 15.8. The first-order chi connectivity index (χ1) is 11.2. The lowest BCUT2D eigenvalue weighted by atomic mass is 10.1. The number of amides is 2. The van der Waals surface area contributed by atoms with Crippen molar-refractivity contribution in [2.24, 2.45) is 0 Å². The van der Waals surface area contributed by atoms with Crippen LogP contribution >= 0.6 is 0 Å². The fraction of sp³-hybridized carbons (Fsp3) is 0.500. The Labute approximate surface area is 134 Å². The van der Waals surface area contributed by atoms with Gasteiger partial charge in [0.15, 0.2) is 0 Å². The molecule has 2 saturated heterocycles. The molecule has 124 valence electrons. The minimum absolute atomic E-state index is 0.0160. The van der Waals surface area contributed by atoms with Gasteiger partial charge in [-0.05, 0) is 12.1 Å². The molecule has 0 bridgehead atoms. The zero-order chi connectivity index (χ0) is 16.2. The van der Waals surface area contributed by atoms with E-state index in [4.69, 9.17) is 4.74 Å². The summed E-state index contributed by atoms with van der Waals surface area (Å²) in [5.74, 6) is -0.240. The van der Waals surface area contributed by atoms with Gasteiger partial charge in [0.2, 0.25) is 0 Å². The number of hydrogen-bond donors (Lipinski definition) is 2. The summed E-state index contributed by atoms with van der Waals surface area (Å²) in [7, 11) is 0. The maximum absolute atomic E-state index is 12.4. The van der Waals surface area contributed by atoms with E-state index in [-0.39, 0.29) is 17.6 Å². The number of benzene rings is 1. The number of hydrogen-bond acceptors (Lipinski definition) is 5. The molecule has 2 fully saturated rings. The first-order valence-electron chi connectivity index (χ1n) is 7.85. The van der Waals surface area contributed by atoms with Crippen LogP contribution in [0.15, 0.2) is 24.3 Å². The average Bonchev–Trinajstić information content (AvgIpc) is 2.62. The molecule has 23 heavy (non-hydrogen) atoms. The number of morpholine rings is 1. The van der Waals surface area contributed by atoms with Gasteiger partial charge in [-0.25, -0.2) is 0 Å². The van der Waals surface area contributed by atoms with Crippen molar-refractivity contribution < 1.29 is 19.4 Å². The molecular formula is C16H21N3O4. The van der Waals surface area contributed by atoms with Gasteiger partial charge in [0, 0.05) is 39.3 Å². The number of para-hydroxylation sites is 1. The predicted molar refractivity (Wildman–Crippen MR) is 83.2 cm³/mol. The highest BCUT2D eigenvalue weighted by Crippen LogP contribution is 2.19. The number of nitrogens with zero attached hydrogens (tertiary/aromatic N) is 2. The SMILES string of the molecule is O=C(c1ccccc1O)N1CCN(C(=O)C2CNCCO2)CC1. The Balaban J connectivity index is 1.57. The maximum atomic E-state index is 12.4. The third kappa shape index (κ3) is 3.46. The van der Waals surface area contributed by atoms with E-state index in [1.807, 2.05) is 0 Å². The number of ether oxygens (including phenoxy) is 1. The molecule has 0 aliphatic carbocycles. The predicted octanol–water partition coefficient (Wildman–Crippen LogP) is -0.335. The van der Waals surface area contributed by atoms with Crippen LogP contribution in [-0.2, 0) is 9.53 Å². The normalized spacial score (nSPS) is 22.0. The minimum Gasteiger partial charge on any atom is -0.507 e. The molecule has 2 N–H and O–H groups in total. The van der Waals surface area contributed by atoms with Crippen molar-refractivity contribution in [2.45, 2.75) is 6.10 Å². The molecule has 0 aromatic heterocycles. The van der Waals surface area contributed by atoms with E-state index >= 15 is 0 Å². The Morgan fingerprint density at radius 2 is 1.83 bits per heavy atom. The summed E-state index contributed by atoms with van der Waals surface area (Å²) in [4.78, 5) is 28.2. The number of rotatable bonds is 2. The van der Waals surface area contributed by atoms with Gasteiger partial charge >= 0.3 is 0 Å². The molecule has 7 nitrogen and oxygen atoms in total. The van der Waals surface area contributed by atoms with E-state index in [1.54, 1.807) is 28.0 Å². The molecule has 0 saturated carbocycles. The van der Waals surface area contributed by atoms with Crippen LogP contribution in [0, 0.1) is 0 Å². The number of carbonyl (C=O) groups is 2. The third-order valence-electron chi connectivity index (χ3n) is 4.22. The van der Waals surface area contributed by atoms with Crippen molar-refractivity contribution >= 4 is 11.8 Å². The van der Waals surface area contributed by atoms with E-state index in [1.165, 1.54) is 6.07 Å². The Hall–Kier alpha value is -2.12. The molecule has 0 radical (unpaired) electrons. The first-order valence-corrected chi connectivity index (χ1v) is 7.85. The van der Waals surface area contributed by atoms with Crippen LogP contribution in [-0.4, -0.2) is 78.7 Å². The van der Waals surface area contributed by atoms with Crippen molar-refractivity contribution in [1.29, 1.82) is 0 Å². The molecule has 2 aliphatic heterocycles. The number of carbonyl (C=O) groups excluding carboxylic acids is 2. The van der Waals surface area contributed by atoms with Crippen LogP contribution in [0.3, 0.4) is 0 Å². The van der Waals surface area contributed by atoms with Gasteiger partial charge in [-0.15, -0.1) is 0 Å². The largest absolute Gasteiger partial charge is 0.507 e. The summed E-state index contributed by atoms with van der Waals surface area (Å²) >= 11 is 0. The fourth-order valence-corrected chi connectivity index (χ4v) is 2.88. The number of aromatic hydroxyl groups is 1. The number of phenolic OH excluding ortho intramolecular Hbond substituents is 1. The zero-order valence-corrected chi connectivity index (χ0v) is 12.9. The molecule has 2 aliphatic rings. The highest BCUT2D eigenvalue weighted by atomic mass is 16.5. The van der Waals surface area contributed by atoms with Crippen LogP contribution in [0.5, 0.6) is 5.75 Å². The van der Waals surface area contributed by atoms with Crippen molar-refractivity contribution in [2.75, 3.05) is 45.9 Å². The van der Waals surface area contributed by atoms with Crippen LogP contribution in [0.2, 0.25) is 0 Å². The molecule has 1 aromatic carbocycles. The molecule has 3 rings (SSSR count). The summed E-state index contributed by atoms with van der Waals surface area (Å²) in [6.45, 7) is 3.73. The smallest absolute Gasteiger partial charge is 0.257 e. The van der Waals surface area contributed by atoms with Gasteiger partial charge in [-0.2, -0.15) is 0 Å². The standard InChI is InChI=1S/C16H21N3O4/c20-13-4-2-1-3-12(13)15(21)18-6-8-19(9-7-18)16(22)14-11-17-5-10-23-14/h1-4,14,17,20H,5-11H2. The van der Waals surface area contributed by atoms with Gasteiger partial charge in [-0.3, -0.25) is 9.59 Å². The maximum Gasteiger partial charge on any atom is 0.257 e. The fourth-order valence-electron chi connectivity index (χ4n) is 2.88. The van der Waals surface area contributed by atoms with Crippen LogP contribution in [0.4, 0.5) is 0 Å². The minimum atomic E-state index is -0.427. The Morgan fingerprint density at radius 3 is 2.48 bits per heavy atom. The molecular weight excluding hydrogens is 298 g/mol. The van der Waals surface area contributed by atoms with Gasteiger partial charge < -0.3 is 25.0 Å². The van der Waals surface area contributed by atoms with E-state index in [2.05, 4.69) is 5.32 Å². The van der Waals surface area contributed by atoms with Crippen molar-refractivity contribution in [1.82, 2.24) is 15.1 Å². The lowest BCUT2D eigenvalue weighted by molar-refractivity contribution is -0.146. The Morgan fingerprint density at radius 1 is 1.13 bits per heavy atom. The van der Waals surface area contributed by atoms with Crippen LogP contribution < -0.4 is 5.32 Å². The highest BCUT2D eigenvalue weighted by Gasteiger charge is 2.31. The van der Waals surface area contributed by atoms with E-state index in [9.17, 15) is 14.7 Å². The average molecular weight is 319 g/mol. The lowest BCUT2D eigenvalue weighted by Crippen LogP contribution is -2.56. The van der Waals surface area contributed by atoms with E-state index in [0.717, 1.165) is 6.54 Å².